The van der Waals surface area contributed by atoms with Crippen LogP contribution in [0.4, 0.5) is 0 Å². The number of carbonyl (C=O) groups excluding carboxylic acids is 1. The minimum absolute atomic E-state index is 0.0799. The SMILES string of the molecule is CCC(C)N(CC(=O)O)C(=O)c1cc2sccc2s1. The zero-order chi connectivity index (χ0) is 14.0. The summed E-state index contributed by atoms with van der Waals surface area (Å²) in [7, 11) is 0. The maximum Gasteiger partial charge on any atom is 0.323 e. The van der Waals surface area contributed by atoms with Gasteiger partial charge in [0.05, 0.1) is 4.88 Å². The summed E-state index contributed by atoms with van der Waals surface area (Å²) in [5.74, 6) is -1.17. The van der Waals surface area contributed by atoms with Crippen LogP contribution in [0.1, 0.15) is 29.9 Å². The van der Waals surface area contributed by atoms with E-state index in [-0.39, 0.29) is 18.5 Å². The molecule has 1 N–H and O–H groups in total. The van der Waals surface area contributed by atoms with Crippen LogP contribution in [0.2, 0.25) is 0 Å². The number of rotatable bonds is 5. The number of amides is 1. The molecule has 2 rings (SSSR count). The first-order valence-electron chi connectivity index (χ1n) is 6.02. The average molecular weight is 297 g/mol. The molecule has 0 aliphatic rings. The second-order valence-corrected chi connectivity index (χ2v) is 6.38. The molecule has 0 saturated heterocycles. The molecular formula is C13H15NO3S2. The van der Waals surface area contributed by atoms with Crippen molar-refractivity contribution in [2.24, 2.45) is 0 Å². The molecule has 2 aromatic rings. The molecule has 0 fully saturated rings. The molecule has 102 valence electrons. The number of carboxylic acids is 1. The Morgan fingerprint density at radius 3 is 2.74 bits per heavy atom. The van der Waals surface area contributed by atoms with Gasteiger partial charge in [-0.15, -0.1) is 22.7 Å². The Morgan fingerprint density at radius 2 is 2.16 bits per heavy atom. The third kappa shape index (κ3) is 2.96. The minimum Gasteiger partial charge on any atom is -0.480 e. The first-order chi connectivity index (χ1) is 9.02. The number of nitrogens with zero attached hydrogens (tertiary/aromatic N) is 1. The van der Waals surface area contributed by atoms with Crippen LogP contribution in [-0.2, 0) is 4.79 Å². The van der Waals surface area contributed by atoms with E-state index < -0.39 is 5.97 Å². The van der Waals surface area contributed by atoms with E-state index in [0.717, 1.165) is 15.8 Å². The van der Waals surface area contributed by atoms with Gasteiger partial charge in [-0.2, -0.15) is 0 Å². The number of hydrogen-bond acceptors (Lipinski definition) is 4. The standard InChI is InChI=1S/C13H15NO3S2/c1-3-8(2)14(7-12(15)16)13(17)11-6-10-9(19-11)4-5-18-10/h4-6,8H,3,7H2,1-2H3,(H,15,16). The molecule has 2 aromatic heterocycles. The summed E-state index contributed by atoms with van der Waals surface area (Å²) in [5.41, 5.74) is 0. The smallest absolute Gasteiger partial charge is 0.323 e. The van der Waals surface area contributed by atoms with E-state index in [2.05, 4.69) is 0 Å². The van der Waals surface area contributed by atoms with Crippen molar-refractivity contribution in [2.45, 2.75) is 26.3 Å². The van der Waals surface area contributed by atoms with Crippen molar-refractivity contribution < 1.29 is 14.7 Å². The molecule has 19 heavy (non-hydrogen) atoms. The number of thiophene rings is 2. The number of carbonyl (C=O) groups is 2. The van der Waals surface area contributed by atoms with Gasteiger partial charge in [0, 0.05) is 15.4 Å². The van der Waals surface area contributed by atoms with Gasteiger partial charge in [-0.1, -0.05) is 6.92 Å². The van der Waals surface area contributed by atoms with Gasteiger partial charge >= 0.3 is 5.97 Å². The van der Waals surface area contributed by atoms with Crippen molar-refractivity contribution in [1.82, 2.24) is 4.90 Å². The van der Waals surface area contributed by atoms with Crippen LogP contribution in [0.3, 0.4) is 0 Å². The number of aliphatic carboxylic acids is 1. The molecule has 0 spiro atoms. The molecule has 1 unspecified atom stereocenters. The molecule has 2 heterocycles. The summed E-state index contributed by atoms with van der Waals surface area (Å²) < 4.78 is 2.15. The Kier molecular flexibility index (Phi) is 4.21. The molecule has 0 bridgehead atoms. The monoisotopic (exact) mass is 297 g/mol. The van der Waals surface area contributed by atoms with Gasteiger partial charge in [0.2, 0.25) is 0 Å². The van der Waals surface area contributed by atoms with E-state index in [9.17, 15) is 9.59 Å². The fraction of sp³-hybridized carbons (Fsp3) is 0.385. The predicted molar refractivity (Wildman–Crippen MR) is 78.1 cm³/mol. The lowest BCUT2D eigenvalue weighted by Gasteiger charge is -2.26. The summed E-state index contributed by atoms with van der Waals surface area (Å²) in [6.07, 6.45) is 0.735. The first-order valence-corrected chi connectivity index (χ1v) is 7.72. The van der Waals surface area contributed by atoms with Gasteiger partial charge in [0.15, 0.2) is 0 Å². The van der Waals surface area contributed by atoms with Gasteiger partial charge in [0.1, 0.15) is 6.54 Å². The lowest BCUT2D eigenvalue weighted by atomic mass is 10.2. The number of hydrogen-bond donors (Lipinski definition) is 1. The van der Waals surface area contributed by atoms with Crippen molar-refractivity contribution in [3.05, 3.63) is 22.4 Å². The molecule has 0 aliphatic heterocycles. The second-order valence-electron chi connectivity index (χ2n) is 4.34. The van der Waals surface area contributed by atoms with Crippen LogP contribution >= 0.6 is 22.7 Å². The minimum atomic E-state index is -0.980. The average Bonchev–Trinajstić information content (AvgIpc) is 2.94. The van der Waals surface area contributed by atoms with Gasteiger partial charge in [-0.25, -0.2) is 0 Å². The van der Waals surface area contributed by atoms with E-state index in [0.29, 0.717) is 4.88 Å². The zero-order valence-corrected chi connectivity index (χ0v) is 12.4. The molecular weight excluding hydrogens is 282 g/mol. The zero-order valence-electron chi connectivity index (χ0n) is 10.8. The second kappa shape index (κ2) is 5.71. The van der Waals surface area contributed by atoms with Crippen LogP contribution in [0.15, 0.2) is 17.5 Å². The highest BCUT2D eigenvalue weighted by Gasteiger charge is 2.24. The maximum atomic E-state index is 12.4. The number of fused-ring (bicyclic) bond motifs is 1. The van der Waals surface area contributed by atoms with E-state index >= 15 is 0 Å². The van der Waals surface area contributed by atoms with Crippen molar-refractivity contribution in [3.8, 4) is 0 Å². The fourth-order valence-electron chi connectivity index (χ4n) is 1.81. The van der Waals surface area contributed by atoms with Crippen molar-refractivity contribution in [2.75, 3.05) is 6.54 Å². The highest BCUT2D eigenvalue weighted by molar-refractivity contribution is 7.27. The quantitative estimate of drug-likeness (QED) is 0.921. The van der Waals surface area contributed by atoms with Crippen molar-refractivity contribution >= 4 is 43.9 Å². The Hall–Kier alpha value is -1.40. The Labute approximate surface area is 119 Å². The van der Waals surface area contributed by atoms with E-state index in [4.69, 9.17) is 5.11 Å². The molecule has 0 aromatic carbocycles. The topological polar surface area (TPSA) is 57.6 Å². The third-order valence-electron chi connectivity index (χ3n) is 3.04. The Bertz CT molecular complexity index is 573. The first kappa shape index (κ1) is 14.0. The van der Waals surface area contributed by atoms with E-state index in [1.54, 1.807) is 11.3 Å². The Balaban J connectivity index is 2.27. The molecule has 1 amide bonds. The molecule has 0 aliphatic carbocycles. The van der Waals surface area contributed by atoms with E-state index in [1.165, 1.54) is 16.2 Å². The third-order valence-corrected chi connectivity index (χ3v) is 5.12. The fourth-order valence-corrected chi connectivity index (χ4v) is 3.87. The van der Waals surface area contributed by atoms with Gasteiger partial charge in [-0.3, -0.25) is 9.59 Å². The van der Waals surface area contributed by atoms with Crippen LogP contribution in [-0.4, -0.2) is 34.5 Å². The highest BCUT2D eigenvalue weighted by atomic mass is 32.1. The van der Waals surface area contributed by atoms with Crippen molar-refractivity contribution in [3.63, 3.8) is 0 Å². The molecule has 4 nitrogen and oxygen atoms in total. The van der Waals surface area contributed by atoms with Gasteiger partial charge < -0.3 is 10.0 Å². The lowest BCUT2D eigenvalue weighted by Crippen LogP contribution is -2.41. The van der Waals surface area contributed by atoms with Gasteiger partial charge in [-0.05, 0) is 30.9 Å². The van der Waals surface area contributed by atoms with Crippen LogP contribution in [0.5, 0.6) is 0 Å². The maximum absolute atomic E-state index is 12.4. The summed E-state index contributed by atoms with van der Waals surface area (Å²) in [5, 5.41) is 10.9. The van der Waals surface area contributed by atoms with Crippen LogP contribution in [0, 0.1) is 0 Å². The molecule has 0 radical (unpaired) electrons. The summed E-state index contributed by atoms with van der Waals surface area (Å²) >= 11 is 3.01. The number of carboxylic acid groups (broad SMARTS) is 1. The van der Waals surface area contributed by atoms with Crippen LogP contribution < -0.4 is 0 Å². The summed E-state index contributed by atoms with van der Waals surface area (Å²) in [4.78, 5) is 25.4. The Morgan fingerprint density at radius 1 is 1.42 bits per heavy atom. The van der Waals surface area contributed by atoms with Crippen LogP contribution in [0.25, 0.3) is 9.40 Å². The molecule has 6 heteroatoms. The highest BCUT2D eigenvalue weighted by Crippen LogP contribution is 2.31. The lowest BCUT2D eigenvalue weighted by molar-refractivity contribution is -0.138. The molecule has 1 atom stereocenters. The largest absolute Gasteiger partial charge is 0.480 e. The van der Waals surface area contributed by atoms with Gasteiger partial charge in [0.25, 0.3) is 5.91 Å². The van der Waals surface area contributed by atoms with Crippen molar-refractivity contribution in [1.29, 1.82) is 0 Å². The summed E-state index contributed by atoms with van der Waals surface area (Å²) in [6, 6.07) is 3.75. The normalized spacial score (nSPS) is 12.5. The predicted octanol–water partition coefficient (Wildman–Crippen LogP) is 3.29. The summed E-state index contributed by atoms with van der Waals surface area (Å²) in [6.45, 7) is 3.57. The van der Waals surface area contributed by atoms with E-state index in [1.807, 2.05) is 31.4 Å². The molecule has 0 saturated carbocycles.